The first-order valence-electron chi connectivity index (χ1n) is 5.32. The van der Waals surface area contributed by atoms with Crippen LogP contribution >= 0.6 is 0 Å². The predicted molar refractivity (Wildman–Crippen MR) is 59.0 cm³/mol. The summed E-state index contributed by atoms with van der Waals surface area (Å²) in [7, 11) is 0. The Kier molecular flexibility index (Phi) is 2.85. The van der Waals surface area contributed by atoms with Crippen molar-refractivity contribution in [3.8, 4) is 0 Å². The summed E-state index contributed by atoms with van der Waals surface area (Å²) < 4.78 is 0. The van der Waals surface area contributed by atoms with Crippen LogP contribution in [-0.2, 0) is 12.8 Å². The molecule has 1 aromatic rings. The molecule has 0 fully saturated rings. The molecule has 2 nitrogen and oxygen atoms in total. The van der Waals surface area contributed by atoms with Crippen LogP contribution in [0.25, 0.3) is 0 Å². The summed E-state index contributed by atoms with van der Waals surface area (Å²) in [6.45, 7) is 0.604. The van der Waals surface area contributed by atoms with E-state index in [0.717, 1.165) is 6.42 Å². The Morgan fingerprint density at radius 2 is 1.79 bits per heavy atom. The largest absolute Gasteiger partial charge is 0.329 e. The first-order valence-corrected chi connectivity index (χ1v) is 5.32. The number of hydrogen-bond acceptors (Lipinski definition) is 2. The van der Waals surface area contributed by atoms with Gasteiger partial charge in [0.25, 0.3) is 0 Å². The average Bonchev–Trinajstić information content (AvgIpc) is 2.59. The van der Waals surface area contributed by atoms with E-state index < -0.39 is 0 Å². The van der Waals surface area contributed by atoms with Crippen LogP contribution in [0, 0.1) is 5.92 Å². The van der Waals surface area contributed by atoms with Gasteiger partial charge in [0.1, 0.15) is 0 Å². The van der Waals surface area contributed by atoms with Gasteiger partial charge in [-0.3, -0.25) is 0 Å². The van der Waals surface area contributed by atoms with Crippen molar-refractivity contribution in [2.24, 2.45) is 17.4 Å². The van der Waals surface area contributed by atoms with Crippen molar-refractivity contribution < 1.29 is 0 Å². The molecular weight excluding hydrogens is 172 g/mol. The Labute approximate surface area is 85.3 Å². The first kappa shape index (κ1) is 9.69. The quantitative estimate of drug-likeness (QED) is 0.749. The van der Waals surface area contributed by atoms with E-state index >= 15 is 0 Å². The molecular formula is C12H18N2. The van der Waals surface area contributed by atoms with Gasteiger partial charge in [-0.05, 0) is 36.3 Å². The summed E-state index contributed by atoms with van der Waals surface area (Å²) in [4.78, 5) is 0. The Hall–Kier alpha value is -0.860. The molecule has 0 aliphatic heterocycles. The molecule has 0 saturated heterocycles. The highest BCUT2D eigenvalue weighted by Crippen LogP contribution is 2.28. The lowest BCUT2D eigenvalue weighted by Gasteiger charge is -2.13. The van der Waals surface area contributed by atoms with Crippen LogP contribution < -0.4 is 11.5 Å². The third-order valence-corrected chi connectivity index (χ3v) is 3.07. The molecule has 1 aliphatic rings. The van der Waals surface area contributed by atoms with E-state index in [0.29, 0.717) is 12.5 Å². The van der Waals surface area contributed by atoms with E-state index in [2.05, 4.69) is 24.3 Å². The van der Waals surface area contributed by atoms with Gasteiger partial charge in [-0.15, -0.1) is 0 Å². The second kappa shape index (κ2) is 4.11. The molecule has 0 aromatic heterocycles. The summed E-state index contributed by atoms with van der Waals surface area (Å²) in [5.74, 6) is 0.714. The highest BCUT2D eigenvalue weighted by atomic mass is 14.7. The summed E-state index contributed by atoms with van der Waals surface area (Å²) in [6.07, 6.45) is 3.43. The summed E-state index contributed by atoms with van der Waals surface area (Å²) in [5.41, 5.74) is 14.4. The third-order valence-electron chi connectivity index (χ3n) is 3.07. The fourth-order valence-electron chi connectivity index (χ4n) is 2.34. The second-order valence-corrected chi connectivity index (χ2v) is 4.27. The van der Waals surface area contributed by atoms with E-state index in [9.17, 15) is 0 Å². The highest BCUT2D eigenvalue weighted by Gasteiger charge is 2.22. The fourth-order valence-corrected chi connectivity index (χ4v) is 2.34. The van der Waals surface area contributed by atoms with Crippen molar-refractivity contribution in [2.75, 3.05) is 6.54 Å². The van der Waals surface area contributed by atoms with E-state index in [1.165, 1.54) is 24.0 Å². The monoisotopic (exact) mass is 190 g/mol. The molecule has 0 saturated carbocycles. The van der Waals surface area contributed by atoms with Crippen LogP contribution in [0.4, 0.5) is 0 Å². The van der Waals surface area contributed by atoms with Crippen molar-refractivity contribution in [1.29, 1.82) is 0 Å². The second-order valence-electron chi connectivity index (χ2n) is 4.27. The summed E-state index contributed by atoms with van der Waals surface area (Å²) in [6, 6.07) is 8.86. The lowest BCUT2D eigenvalue weighted by molar-refractivity contribution is 0.453. The molecule has 0 heterocycles. The average molecular weight is 190 g/mol. The minimum atomic E-state index is 0.175. The standard InChI is InChI=1S/C12H18N2/c13-8-12(14)7-9-5-10-3-1-2-4-11(10)6-9/h1-4,9,12H,5-8,13-14H2/t12-/m0/s1. The van der Waals surface area contributed by atoms with Crippen molar-refractivity contribution in [2.45, 2.75) is 25.3 Å². The van der Waals surface area contributed by atoms with Crippen LogP contribution in [0.2, 0.25) is 0 Å². The molecule has 0 bridgehead atoms. The SMILES string of the molecule is NC[C@@H](N)CC1Cc2ccccc2C1. The minimum absolute atomic E-state index is 0.175. The normalized spacial score (nSPS) is 18.1. The molecule has 0 unspecified atom stereocenters. The number of hydrogen-bond donors (Lipinski definition) is 2. The summed E-state index contributed by atoms with van der Waals surface area (Å²) in [5, 5.41) is 0. The zero-order chi connectivity index (χ0) is 9.97. The van der Waals surface area contributed by atoms with Gasteiger partial charge in [-0.1, -0.05) is 24.3 Å². The lowest BCUT2D eigenvalue weighted by Crippen LogP contribution is -2.32. The Bertz CT molecular complexity index is 284. The fraction of sp³-hybridized carbons (Fsp3) is 0.500. The van der Waals surface area contributed by atoms with E-state index in [1.807, 2.05) is 0 Å². The van der Waals surface area contributed by atoms with Crippen LogP contribution in [0.15, 0.2) is 24.3 Å². The van der Waals surface area contributed by atoms with E-state index in [4.69, 9.17) is 11.5 Å². The van der Waals surface area contributed by atoms with Crippen LogP contribution in [-0.4, -0.2) is 12.6 Å². The Morgan fingerprint density at radius 1 is 1.21 bits per heavy atom. The van der Waals surface area contributed by atoms with Crippen molar-refractivity contribution >= 4 is 0 Å². The van der Waals surface area contributed by atoms with Gasteiger partial charge >= 0.3 is 0 Å². The van der Waals surface area contributed by atoms with Gasteiger partial charge in [-0.25, -0.2) is 0 Å². The van der Waals surface area contributed by atoms with Gasteiger partial charge in [0.2, 0.25) is 0 Å². The van der Waals surface area contributed by atoms with E-state index in [1.54, 1.807) is 0 Å². The van der Waals surface area contributed by atoms with Gasteiger partial charge < -0.3 is 11.5 Å². The van der Waals surface area contributed by atoms with Gasteiger partial charge in [-0.2, -0.15) is 0 Å². The minimum Gasteiger partial charge on any atom is -0.329 e. The molecule has 0 amide bonds. The first-order chi connectivity index (χ1) is 6.79. The van der Waals surface area contributed by atoms with Crippen molar-refractivity contribution in [3.05, 3.63) is 35.4 Å². The van der Waals surface area contributed by atoms with Gasteiger partial charge in [0, 0.05) is 12.6 Å². The highest BCUT2D eigenvalue weighted by molar-refractivity contribution is 5.32. The maximum Gasteiger partial charge on any atom is 0.0165 e. The third kappa shape index (κ3) is 1.97. The molecule has 0 spiro atoms. The summed E-state index contributed by atoms with van der Waals surface area (Å²) >= 11 is 0. The Balaban J connectivity index is 1.98. The zero-order valence-corrected chi connectivity index (χ0v) is 8.45. The van der Waals surface area contributed by atoms with Gasteiger partial charge in [0.05, 0.1) is 0 Å². The number of benzene rings is 1. The van der Waals surface area contributed by atoms with Crippen LogP contribution in [0.1, 0.15) is 17.5 Å². The van der Waals surface area contributed by atoms with E-state index in [-0.39, 0.29) is 6.04 Å². The number of rotatable bonds is 3. The zero-order valence-electron chi connectivity index (χ0n) is 8.45. The molecule has 2 heteroatoms. The van der Waals surface area contributed by atoms with Crippen molar-refractivity contribution in [1.82, 2.24) is 0 Å². The maximum atomic E-state index is 5.86. The molecule has 2 rings (SSSR count). The molecule has 76 valence electrons. The molecule has 1 aliphatic carbocycles. The van der Waals surface area contributed by atoms with Crippen LogP contribution in [0.5, 0.6) is 0 Å². The Morgan fingerprint density at radius 3 is 2.29 bits per heavy atom. The molecule has 1 aromatic carbocycles. The molecule has 14 heavy (non-hydrogen) atoms. The maximum absolute atomic E-state index is 5.86. The lowest BCUT2D eigenvalue weighted by atomic mass is 9.97. The molecule has 1 atom stereocenters. The predicted octanol–water partition coefficient (Wildman–Crippen LogP) is 1.08. The molecule has 4 N–H and O–H groups in total. The smallest absolute Gasteiger partial charge is 0.0165 e. The molecule has 0 radical (unpaired) electrons. The van der Waals surface area contributed by atoms with Crippen molar-refractivity contribution in [3.63, 3.8) is 0 Å². The number of nitrogens with two attached hydrogens (primary N) is 2. The van der Waals surface area contributed by atoms with Gasteiger partial charge in [0.15, 0.2) is 0 Å². The topological polar surface area (TPSA) is 52.0 Å². The number of fused-ring (bicyclic) bond motifs is 1. The van der Waals surface area contributed by atoms with Crippen LogP contribution in [0.3, 0.4) is 0 Å².